The van der Waals surface area contributed by atoms with E-state index in [1.165, 1.54) is 5.56 Å². The first-order chi connectivity index (χ1) is 12.4. The third-order valence-corrected chi connectivity index (χ3v) is 4.52. The number of nitrogens with zero attached hydrogens (tertiary/aromatic N) is 3. The lowest BCUT2D eigenvalue weighted by molar-refractivity contribution is -0.0704. The van der Waals surface area contributed by atoms with Crippen LogP contribution in [0.5, 0.6) is 0 Å². The summed E-state index contributed by atoms with van der Waals surface area (Å²) in [6.07, 6.45) is 0.516. The van der Waals surface area contributed by atoms with E-state index >= 15 is 0 Å². The maximum absolute atomic E-state index is 12.6. The summed E-state index contributed by atoms with van der Waals surface area (Å²) >= 11 is 0. The van der Waals surface area contributed by atoms with Crippen LogP contribution in [0.2, 0.25) is 0 Å². The minimum absolute atomic E-state index is 0.0224. The minimum atomic E-state index is -0.0224. The number of ether oxygens (including phenoxy) is 1. The molecule has 0 bridgehead atoms. The lowest BCUT2D eigenvalue weighted by Gasteiger charge is -2.35. The SMILES string of the molecule is Cc1cc(CN(C)C(=O)c2ccc(CN3C[C@H](C)O[C@@H](C)C3)cc2)no1. The van der Waals surface area contributed by atoms with Crippen LogP contribution >= 0.6 is 0 Å². The van der Waals surface area contributed by atoms with Crippen molar-refractivity contribution in [2.24, 2.45) is 0 Å². The Balaban J connectivity index is 1.58. The van der Waals surface area contributed by atoms with Crippen LogP contribution in [0.4, 0.5) is 0 Å². The predicted octanol–water partition coefficient (Wildman–Crippen LogP) is 2.86. The lowest BCUT2D eigenvalue weighted by atomic mass is 10.1. The Morgan fingerprint density at radius 2 is 1.88 bits per heavy atom. The van der Waals surface area contributed by atoms with Gasteiger partial charge in [-0.05, 0) is 38.5 Å². The molecule has 0 spiro atoms. The van der Waals surface area contributed by atoms with Crippen LogP contribution in [0.25, 0.3) is 0 Å². The molecule has 1 saturated heterocycles. The van der Waals surface area contributed by atoms with Crippen molar-refractivity contribution in [1.82, 2.24) is 15.0 Å². The molecule has 2 aromatic rings. The van der Waals surface area contributed by atoms with Gasteiger partial charge in [0.2, 0.25) is 0 Å². The summed E-state index contributed by atoms with van der Waals surface area (Å²) in [5.74, 6) is 0.725. The second kappa shape index (κ2) is 8.01. The Morgan fingerprint density at radius 1 is 1.23 bits per heavy atom. The molecule has 2 heterocycles. The summed E-state index contributed by atoms with van der Waals surface area (Å²) in [5, 5.41) is 3.94. The second-order valence-electron chi connectivity index (χ2n) is 7.24. The van der Waals surface area contributed by atoms with E-state index in [-0.39, 0.29) is 18.1 Å². The van der Waals surface area contributed by atoms with Crippen molar-refractivity contribution in [2.45, 2.75) is 46.1 Å². The van der Waals surface area contributed by atoms with Crippen LogP contribution in [0, 0.1) is 6.92 Å². The maximum atomic E-state index is 12.6. The monoisotopic (exact) mass is 357 g/mol. The molecule has 1 aromatic heterocycles. The van der Waals surface area contributed by atoms with Gasteiger partial charge in [-0.1, -0.05) is 17.3 Å². The predicted molar refractivity (Wildman–Crippen MR) is 98.8 cm³/mol. The molecule has 0 N–H and O–H groups in total. The molecule has 0 radical (unpaired) electrons. The Hall–Kier alpha value is -2.18. The van der Waals surface area contributed by atoms with Gasteiger partial charge in [0.25, 0.3) is 5.91 Å². The number of hydrogen-bond acceptors (Lipinski definition) is 5. The third kappa shape index (κ3) is 4.71. The first-order valence-corrected chi connectivity index (χ1v) is 9.05. The molecule has 0 saturated carbocycles. The molecule has 6 heteroatoms. The van der Waals surface area contributed by atoms with E-state index in [1.54, 1.807) is 11.9 Å². The van der Waals surface area contributed by atoms with E-state index in [2.05, 4.69) is 23.9 Å². The fraction of sp³-hybridized carbons (Fsp3) is 0.500. The van der Waals surface area contributed by atoms with Gasteiger partial charge in [0, 0.05) is 38.3 Å². The molecule has 26 heavy (non-hydrogen) atoms. The van der Waals surface area contributed by atoms with Gasteiger partial charge in [-0.15, -0.1) is 0 Å². The van der Waals surface area contributed by atoms with Crippen molar-refractivity contribution in [3.05, 3.63) is 52.9 Å². The normalized spacial score (nSPS) is 20.9. The summed E-state index contributed by atoms with van der Waals surface area (Å²) < 4.78 is 10.8. The number of rotatable bonds is 5. The van der Waals surface area contributed by atoms with E-state index in [1.807, 2.05) is 37.3 Å². The maximum Gasteiger partial charge on any atom is 0.253 e. The van der Waals surface area contributed by atoms with Crippen LogP contribution in [0.3, 0.4) is 0 Å². The number of hydrogen-bond donors (Lipinski definition) is 0. The minimum Gasteiger partial charge on any atom is -0.373 e. The molecule has 1 aromatic carbocycles. The quantitative estimate of drug-likeness (QED) is 0.823. The molecule has 6 nitrogen and oxygen atoms in total. The Kier molecular flexibility index (Phi) is 5.74. The summed E-state index contributed by atoms with van der Waals surface area (Å²) in [6.45, 7) is 9.23. The first kappa shape index (κ1) is 18.6. The van der Waals surface area contributed by atoms with Crippen molar-refractivity contribution in [1.29, 1.82) is 0 Å². The Labute approximate surface area is 154 Å². The third-order valence-electron chi connectivity index (χ3n) is 4.52. The zero-order valence-corrected chi connectivity index (χ0v) is 15.9. The van der Waals surface area contributed by atoms with E-state index in [0.29, 0.717) is 12.1 Å². The average molecular weight is 357 g/mol. The van der Waals surface area contributed by atoms with Gasteiger partial charge in [0.15, 0.2) is 0 Å². The highest BCUT2D eigenvalue weighted by molar-refractivity contribution is 5.94. The molecule has 1 fully saturated rings. The summed E-state index contributed by atoms with van der Waals surface area (Å²) in [7, 11) is 1.77. The number of benzene rings is 1. The zero-order chi connectivity index (χ0) is 18.7. The number of morpholine rings is 1. The summed E-state index contributed by atoms with van der Waals surface area (Å²) in [5.41, 5.74) is 2.64. The van der Waals surface area contributed by atoms with Crippen LogP contribution < -0.4 is 0 Å². The largest absolute Gasteiger partial charge is 0.373 e. The van der Waals surface area contributed by atoms with E-state index in [9.17, 15) is 4.79 Å². The van der Waals surface area contributed by atoms with Gasteiger partial charge >= 0.3 is 0 Å². The molecule has 0 unspecified atom stereocenters. The number of amides is 1. The fourth-order valence-corrected chi connectivity index (χ4v) is 3.45. The molecular formula is C20H27N3O3. The Bertz CT molecular complexity index is 731. The smallest absolute Gasteiger partial charge is 0.253 e. The lowest BCUT2D eigenvalue weighted by Crippen LogP contribution is -2.44. The van der Waals surface area contributed by atoms with Crippen molar-refractivity contribution >= 4 is 5.91 Å². The summed E-state index contributed by atoms with van der Waals surface area (Å²) in [6, 6.07) is 9.71. The second-order valence-corrected chi connectivity index (χ2v) is 7.24. The standard InChI is InChI=1S/C20H27N3O3/c1-14-9-19(21-26-14)13-22(4)20(24)18-7-5-17(6-8-18)12-23-10-15(2)25-16(3)11-23/h5-9,15-16H,10-13H2,1-4H3/t15-,16-/m0/s1. The van der Waals surface area contributed by atoms with Crippen molar-refractivity contribution in [3.63, 3.8) is 0 Å². The molecule has 2 atom stereocenters. The van der Waals surface area contributed by atoms with Crippen LogP contribution in [0.1, 0.15) is 41.2 Å². The van der Waals surface area contributed by atoms with Crippen LogP contribution in [0.15, 0.2) is 34.9 Å². The van der Waals surface area contributed by atoms with Crippen molar-refractivity contribution in [2.75, 3.05) is 20.1 Å². The highest BCUT2D eigenvalue weighted by atomic mass is 16.5. The topological polar surface area (TPSA) is 58.8 Å². The molecular weight excluding hydrogens is 330 g/mol. The highest BCUT2D eigenvalue weighted by Crippen LogP contribution is 2.16. The molecule has 1 amide bonds. The average Bonchev–Trinajstić information content (AvgIpc) is 2.99. The van der Waals surface area contributed by atoms with Crippen molar-refractivity contribution < 1.29 is 14.1 Å². The van der Waals surface area contributed by atoms with Gasteiger partial charge in [0.05, 0.1) is 18.8 Å². The van der Waals surface area contributed by atoms with E-state index < -0.39 is 0 Å². The van der Waals surface area contributed by atoms with Crippen molar-refractivity contribution in [3.8, 4) is 0 Å². The highest BCUT2D eigenvalue weighted by Gasteiger charge is 2.22. The number of carbonyl (C=O) groups excluding carboxylic acids is 1. The van der Waals surface area contributed by atoms with Gasteiger partial charge in [-0.2, -0.15) is 0 Å². The molecule has 0 aliphatic carbocycles. The van der Waals surface area contributed by atoms with Gasteiger partial charge in [-0.3, -0.25) is 9.69 Å². The zero-order valence-electron chi connectivity index (χ0n) is 15.9. The van der Waals surface area contributed by atoms with E-state index in [4.69, 9.17) is 9.26 Å². The summed E-state index contributed by atoms with van der Waals surface area (Å²) in [4.78, 5) is 16.6. The molecule has 1 aliphatic heterocycles. The van der Waals surface area contributed by atoms with Crippen LogP contribution in [-0.4, -0.2) is 53.2 Å². The fourth-order valence-electron chi connectivity index (χ4n) is 3.45. The molecule has 1 aliphatic rings. The van der Waals surface area contributed by atoms with Crippen LogP contribution in [-0.2, 0) is 17.8 Å². The first-order valence-electron chi connectivity index (χ1n) is 9.05. The number of aromatic nitrogens is 1. The number of aryl methyl sites for hydroxylation is 1. The van der Waals surface area contributed by atoms with Gasteiger partial charge < -0.3 is 14.2 Å². The molecule has 140 valence electrons. The molecule has 3 rings (SSSR count). The Morgan fingerprint density at radius 3 is 2.46 bits per heavy atom. The van der Waals surface area contributed by atoms with Gasteiger partial charge in [-0.25, -0.2) is 0 Å². The number of carbonyl (C=O) groups is 1. The van der Waals surface area contributed by atoms with E-state index in [0.717, 1.165) is 31.1 Å². The van der Waals surface area contributed by atoms with Gasteiger partial charge in [0.1, 0.15) is 11.5 Å².